The molecule has 2 aliphatic heterocycles. The summed E-state index contributed by atoms with van der Waals surface area (Å²) in [5, 5.41) is 38.8. The summed E-state index contributed by atoms with van der Waals surface area (Å²) >= 11 is 6.00. The second kappa shape index (κ2) is 10.3. The van der Waals surface area contributed by atoms with E-state index in [4.69, 9.17) is 11.6 Å². The monoisotopic (exact) mass is 494 g/mol. The van der Waals surface area contributed by atoms with Crippen molar-refractivity contribution in [2.24, 2.45) is 11.8 Å². The van der Waals surface area contributed by atoms with Gasteiger partial charge in [-0.1, -0.05) is 24.6 Å². The van der Waals surface area contributed by atoms with E-state index in [-0.39, 0.29) is 46.5 Å². The number of carboxylic acid groups (broad SMARTS) is 1. The minimum atomic E-state index is -1.15. The Kier molecular flexibility index (Phi) is 7.90. The van der Waals surface area contributed by atoms with E-state index in [0.717, 1.165) is 0 Å². The number of Topliss-reactive ketones (excluding diaryl/α,β-unsaturated/α-hetero) is 1. The number of aliphatic hydroxyl groups is 1. The highest BCUT2D eigenvalue weighted by molar-refractivity contribution is 6.33. The molecule has 2 heterocycles. The van der Waals surface area contributed by atoms with Gasteiger partial charge < -0.3 is 30.2 Å². The topological polar surface area (TPSA) is 139 Å². The molecule has 186 valence electrons. The third kappa shape index (κ3) is 4.92. The van der Waals surface area contributed by atoms with E-state index in [2.05, 4.69) is 0 Å². The summed E-state index contributed by atoms with van der Waals surface area (Å²) in [6.07, 6.45) is 0.678. The molecule has 0 unspecified atom stereocenters. The van der Waals surface area contributed by atoms with Crippen LogP contribution in [0.1, 0.15) is 38.7 Å². The Morgan fingerprint density at radius 1 is 1.24 bits per heavy atom. The molecule has 1 aromatic rings. The van der Waals surface area contributed by atoms with Crippen molar-refractivity contribution in [3.05, 3.63) is 34.0 Å². The fourth-order valence-electron chi connectivity index (χ4n) is 4.96. The lowest BCUT2D eigenvalue weighted by atomic mass is 9.77. The second-order valence-corrected chi connectivity index (χ2v) is 9.60. The SMILES string of the molecule is C[C@@H](O)[C@H]1C(=O)N2C(C(=O)O)=C(CN(C)CCCC(=O)CCc3ccc(O)c(O)c3Cl)[C@H](C)[C@H]12. The molecule has 2 aliphatic rings. The van der Waals surface area contributed by atoms with Crippen molar-refractivity contribution in [2.45, 2.75) is 51.7 Å². The van der Waals surface area contributed by atoms with Crippen LogP contribution in [0.2, 0.25) is 5.02 Å². The number of halogens is 1. The van der Waals surface area contributed by atoms with Gasteiger partial charge in [0, 0.05) is 25.3 Å². The first kappa shape index (κ1) is 26.0. The zero-order valence-corrected chi connectivity index (χ0v) is 20.2. The normalized spacial score (nSPS) is 22.7. The fourth-order valence-corrected chi connectivity index (χ4v) is 5.21. The van der Waals surface area contributed by atoms with Crippen LogP contribution in [-0.4, -0.2) is 80.2 Å². The van der Waals surface area contributed by atoms with Crippen molar-refractivity contribution < 1.29 is 34.8 Å². The maximum atomic E-state index is 12.4. The molecule has 4 atom stereocenters. The molecule has 0 aromatic heterocycles. The highest BCUT2D eigenvalue weighted by Gasteiger charge is 2.59. The van der Waals surface area contributed by atoms with E-state index in [1.54, 1.807) is 13.0 Å². The van der Waals surface area contributed by atoms with E-state index in [1.165, 1.54) is 11.0 Å². The molecule has 1 fully saturated rings. The summed E-state index contributed by atoms with van der Waals surface area (Å²) in [5.74, 6) is -2.94. The van der Waals surface area contributed by atoms with Gasteiger partial charge in [-0.25, -0.2) is 4.79 Å². The lowest BCUT2D eigenvalue weighted by Crippen LogP contribution is -2.63. The Bertz CT molecular complexity index is 1020. The minimum Gasteiger partial charge on any atom is -0.504 e. The number of β-lactam (4-membered cyclic amide) rings is 1. The van der Waals surface area contributed by atoms with Gasteiger partial charge in [0.1, 0.15) is 11.5 Å². The Morgan fingerprint density at radius 2 is 1.91 bits per heavy atom. The van der Waals surface area contributed by atoms with Gasteiger partial charge in [-0.05, 0) is 50.6 Å². The molecule has 0 spiro atoms. The zero-order valence-electron chi connectivity index (χ0n) is 19.5. The zero-order chi connectivity index (χ0) is 25.3. The summed E-state index contributed by atoms with van der Waals surface area (Å²) in [5.41, 5.74) is 1.25. The predicted octanol–water partition coefficient (Wildman–Crippen LogP) is 2.16. The highest BCUT2D eigenvalue weighted by atomic mass is 35.5. The number of aliphatic hydroxyl groups excluding tert-OH is 1. The molecule has 34 heavy (non-hydrogen) atoms. The first-order chi connectivity index (χ1) is 16.0. The number of aromatic hydroxyl groups is 2. The van der Waals surface area contributed by atoms with Crippen LogP contribution in [0.15, 0.2) is 23.4 Å². The molecular formula is C24H31ClN2O7. The number of hydrogen-bond acceptors (Lipinski definition) is 7. The molecule has 0 radical (unpaired) electrons. The van der Waals surface area contributed by atoms with Crippen LogP contribution in [0.25, 0.3) is 0 Å². The van der Waals surface area contributed by atoms with Gasteiger partial charge in [0.25, 0.3) is 0 Å². The van der Waals surface area contributed by atoms with Crippen LogP contribution in [-0.2, 0) is 20.8 Å². The molecular weight excluding hydrogens is 464 g/mol. The molecule has 1 aromatic carbocycles. The maximum Gasteiger partial charge on any atom is 0.352 e. The molecule has 1 saturated heterocycles. The number of nitrogens with zero attached hydrogens (tertiary/aromatic N) is 2. The first-order valence-electron chi connectivity index (χ1n) is 11.3. The number of fused-ring (bicyclic) bond motifs is 1. The van der Waals surface area contributed by atoms with Gasteiger partial charge in [-0.3, -0.25) is 9.59 Å². The number of phenolic OH excluding ortho intramolecular Hbond substituents is 2. The molecule has 0 bridgehead atoms. The molecule has 1 amide bonds. The quantitative estimate of drug-likeness (QED) is 0.271. The number of amides is 1. The summed E-state index contributed by atoms with van der Waals surface area (Å²) in [6.45, 7) is 4.35. The smallest absolute Gasteiger partial charge is 0.352 e. The summed E-state index contributed by atoms with van der Waals surface area (Å²) < 4.78 is 0. The summed E-state index contributed by atoms with van der Waals surface area (Å²) in [7, 11) is 1.84. The van der Waals surface area contributed by atoms with Crippen LogP contribution < -0.4 is 0 Å². The average Bonchev–Trinajstić information content (AvgIpc) is 2.99. The second-order valence-electron chi connectivity index (χ2n) is 9.22. The van der Waals surface area contributed by atoms with E-state index in [9.17, 15) is 34.8 Å². The van der Waals surface area contributed by atoms with Crippen molar-refractivity contribution in [3.63, 3.8) is 0 Å². The number of benzene rings is 1. The van der Waals surface area contributed by atoms with Crippen LogP contribution in [0.5, 0.6) is 11.5 Å². The average molecular weight is 495 g/mol. The summed E-state index contributed by atoms with van der Waals surface area (Å²) in [4.78, 5) is 39.9. The third-order valence-electron chi connectivity index (χ3n) is 6.80. The number of likely N-dealkylation sites (N-methyl/N-ethyl adjacent to an activating group) is 1. The molecule has 3 rings (SSSR count). The Balaban J connectivity index is 1.51. The number of carbonyl (C=O) groups excluding carboxylic acids is 2. The number of carboxylic acids is 1. The van der Waals surface area contributed by atoms with Crippen molar-refractivity contribution in [2.75, 3.05) is 20.1 Å². The van der Waals surface area contributed by atoms with Gasteiger partial charge in [-0.2, -0.15) is 0 Å². The Hall–Kier alpha value is -2.62. The molecule has 0 aliphatic carbocycles. The van der Waals surface area contributed by atoms with Crippen molar-refractivity contribution >= 4 is 29.3 Å². The van der Waals surface area contributed by atoms with Gasteiger partial charge in [0.2, 0.25) is 5.91 Å². The number of rotatable bonds is 11. The molecule has 9 nitrogen and oxygen atoms in total. The first-order valence-corrected chi connectivity index (χ1v) is 11.7. The molecule has 4 N–H and O–H groups in total. The van der Waals surface area contributed by atoms with Crippen LogP contribution in [0, 0.1) is 11.8 Å². The predicted molar refractivity (Wildman–Crippen MR) is 124 cm³/mol. The van der Waals surface area contributed by atoms with E-state index >= 15 is 0 Å². The van der Waals surface area contributed by atoms with Crippen molar-refractivity contribution in [3.8, 4) is 11.5 Å². The number of hydrogen-bond donors (Lipinski definition) is 4. The van der Waals surface area contributed by atoms with Crippen molar-refractivity contribution in [1.29, 1.82) is 0 Å². The molecule has 0 saturated carbocycles. The maximum absolute atomic E-state index is 12.4. The highest BCUT2D eigenvalue weighted by Crippen LogP contribution is 2.47. The van der Waals surface area contributed by atoms with Gasteiger partial charge >= 0.3 is 5.97 Å². The van der Waals surface area contributed by atoms with E-state index in [1.807, 2.05) is 18.9 Å². The Morgan fingerprint density at radius 3 is 2.53 bits per heavy atom. The molecule has 10 heteroatoms. The minimum absolute atomic E-state index is 0.0105. The van der Waals surface area contributed by atoms with Crippen LogP contribution in [0.4, 0.5) is 0 Å². The van der Waals surface area contributed by atoms with Crippen LogP contribution in [0.3, 0.4) is 0 Å². The van der Waals surface area contributed by atoms with Gasteiger partial charge in [0.15, 0.2) is 11.5 Å². The van der Waals surface area contributed by atoms with Gasteiger partial charge in [0.05, 0.1) is 23.1 Å². The van der Waals surface area contributed by atoms with E-state index in [0.29, 0.717) is 43.5 Å². The number of phenols is 2. The lowest BCUT2D eigenvalue weighted by Gasteiger charge is -2.46. The van der Waals surface area contributed by atoms with Crippen LogP contribution >= 0.6 is 11.6 Å². The number of aryl methyl sites for hydroxylation is 1. The summed E-state index contributed by atoms with van der Waals surface area (Å²) in [6, 6.07) is 2.57. The number of ketones is 1. The fraction of sp³-hybridized carbons (Fsp3) is 0.542. The van der Waals surface area contributed by atoms with E-state index < -0.39 is 23.7 Å². The lowest BCUT2D eigenvalue weighted by molar-refractivity contribution is -0.163. The standard InChI is InChI=1S/C24H31ClN2O7/c1-12-16(21(24(33)34)27-20(12)18(13(2)28)23(27)32)11-26(3)10-4-5-15(29)8-6-14-7-9-17(30)22(31)19(14)25/h7,9,12-13,18,20,28,30-31H,4-6,8,10-11H2,1-3H3,(H,33,34)/t12-,13+,18+,20+/m0/s1. The Labute approximate surface area is 203 Å². The number of aliphatic carboxylic acids is 1. The van der Waals surface area contributed by atoms with Gasteiger partial charge in [-0.15, -0.1) is 0 Å². The third-order valence-corrected chi connectivity index (χ3v) is 7.22. The number of carbonyl (C=O) groups is 3. The van der Waals surface area contributed by atoms with Crippen molar-refractivity contribution in [1.82, 2.24) is 9.80 Å². The largest absolute Gasteiger partial charge is 0.504 e.